The highest BCUT2D eigenvalue weighted by atomic mass is 35.5. The zero-order valence-corrected chi connectivity index (χ0v) is 25.8. The van der Waals surface area contributed by atoms with E-state index < -0.39 is 23.6 Å². The van der Waals surface area contributed by atoms with Gasteiger partial charge in [-0.15, -0.1) is 0 Å². The molecule has 1 fully saturated rings. The van der Waals surface area contributed by atoms with Crippen LogP contribution < -0.4 is 4.74 Å². The Balaban J connectivity index is 1.50. The number of hydrogen-bond donors (Lipinski definition) is 1. The second-order valence-corrected chi connectivity index (χ2v) is 13.0. The molecular weight excluding hydrogens is 597 g/mol. The molecule has 9 heteroatoms. The van der Waals surface area contributed by atoms with Gasteiger partial charge in [-0.1, -0.05) is 59.1 Å². The number of carbonyl (C=O) groups excluding carboxylic acids is 1. The van der Waals surface area contributed by atoms with E-state index >= 15 is 0 Å². The Bertz CT molecular complexity index is 1440. The maximum atomic E-state index is 14.5. The molecule has 4 atom stereocenters. The molecule has 5 rings (SSSR count). The highest BCUT2D eigenvalue weighted by Crippen LogP contribution is 2.53. The second kappa shape index (κ2) is 12.8. The fourth-order valence-corrected chi connectivity index (χ4v) is 6.66. The van der Waals surface area contributed by atoms with Crippen molar-refractivity contribution in [3.05, 3.63) is 98.5 Å². The van der Waals surface area contributed by atoms with Gasteiger partial charge in [0.1, 0.15) is 11.4 Å². The molecule has 3 aromatic rings. The Morgan fingerprint density at radius 2 is 1.67 bits per heavy atom. The van der Waals surface area contributed by atoms with Crippen molar-refractivity contribution in [3.8, 4) is 5.75 Å². The topological polar surface area (TPSA) is 76.1 Å². The maximum Gasteiger partial charge on any atom is 0.303 e. The summed E-state index contributed by atoms with van der Waals surface area (Å²) in [5, 5.41) is 11.1. The van der Waals surface area contributed by atoms with Crippen molar-refractivity contribution in [2.75, 3.05) is 6.54 Å². The predicted molar refractivity (Wildman–Crippen MR) is 164 cm³/mol. The van der Waals surface area contributed by atoms with Crippen LogP contribution in [0.5, 0.6) is 5.75 Å². The van der Waals surface area contributed by atoms with E-state index in [4.69, 9.17) is 44.3 Å². The largest absolute Gasteiger partial charge is 0.487 e. The van der Waals surface area contributed by atoms with Gasteiger partial charge in [0.15, 0.2) is 0 Å². The predicted octanol–water partition coefficient (Wildman–Crippen LogP) is 8.02. The van der Waals surface area contributed by atoms with Gasteiger partial charge in [-0.2, -0.15) is 0 Å². The van der Waals surface area contributed by atoms with E-state index in [2.05, 4.69) is 0 Å². The standard InChI is InChI=1S/C33H34Cl3NO5/c1-33(2)27-18-26(32(40)37(14-4-7-30(38)39)19-20-8-10-22(34)11-9-20)29(16-21-5-3-6-23(35)15-21)41-31(27)25-17-24(36)12-13-28(25)42-33/h3,5-6,8-13,15,17,26-27,29,31H,4,7,14,16,18-19H2,1-2H3,(H,38,39)/t26-,27-,29-,31+/m1/s1. The van der Waals surface area contributed by atoms with Crippen LogP contribution in [0.2, 0.25) is 15.1 Å². The Labute approximate surface area is 261 Å². The van der Waals surface area contributed by atoms with E-state index in [-0.39, 0.29) is 24.3 Å². The summed E-state index contributed by atoms with van der Waals surface area (Å²) >= 11 is 18.8. The number of aliphatic carboxylic acids is 1. The van der Waals surface area contributed by atoms with Gasteiger partial charge in [-0.3, -0.25) is 9.59 Å². The Kier molecular flexibility index (Phi) is 9.38. The third-order valence-corrected chi connectivity index (χ3v) is 8.97. The van der Waals surface area contributed by atoms with E-state index in [1.165, 1.54) is 0 Å². The van der Waals surface area contributed by atoms with Crippen LogP contribution >= 0.6 is 34.8 Å². The average Bonchev–Trinajstić information content (AvgIpc) is 2.93. The van der Waals surface area contributed by atoms with Crippen molar-refractivity contribution >= 4 is 46.7 Å². The zero-order valence-electron chi connectivity index (χ0n) is 23.6. The van der Waals surface area contributed by atoms with E-state index in [1.807, 2.05) is 62.4 Å². The van der Waals surface area contributed by atoms with Gasteiger partial charge in [0.2, 0.25) is 5.91 Å². The molecule has 0 spiro atoms. The van der Waals surface area contributed by atoms with Crippen molar-refractivity contribution in [2.45, 2.75) is 63.9 Å². The van der Waals surface area contributed by atoms with Gasteiger partial charge >= 0.3 is 5.97 Å². The number of carboxylic acid groups (broad SMARTS) is 1. The number of carbonyl (C=O) groups is 2. The molecule has 1 amide bonds. The van der Waals surface area contributed by atoms with E-state index in [9.17, 15) is 14.7 Å². The summed E-state index contributed by atoms with van der Waals surface area (Å²) in [4.78, 5) is 27.6. The highest BCUT2D eigenvalue weighted by molar-refractivity contribution is 6.31. The van der Waals surface area contributed by atoms with Gasteiger partial charge in [-0.25, -0.2) is 0 Å². The van der Waals surface area contributed by atoms with Gasteiger partial charge in [0.25, 0.3) is 0 Å². The molecule has 6 nitrogen and oxygen atoms in total. The Morgan fingerprint density at radius 1 is 0.952 bits per heavy atom. The van der Waals surface area contributed by atoms with Crippen molar-refractivity contribution in [3.63, 3.8) is 0 Å². The minimum absolute atomic E-state index is 0.0272. The number of halogens is 3. The van der Waals surface area contributed by atoms with Gasteiger partial charge < -0.3 is 19.5 Å². The molecular formula is C33H34Cl3NO5. The maximum absolute atomic E-state index is 14.5. The Morgan fingerprint density at radius 3 is 2.38 bits per heavy atom. The lowest BCUT2D eigenvalue weighted by Gasteiger charge is -2.51. The van der Waals surface area contributed by atoms with Crippen LogP contribution in [0.25, 0.3) is 0 Å². The zero-order chi connectivity index (χ0) is 30.0. The summed E-state index contributed by atoms with van der Waals surface area (Å²) in [5.41, 5.74) is 2.16. The fourth-order valence-electron chi connectivity index (χ4n) is 6.14. The average molecular weight is 631 g/mol. The quantitative estimate of drug-likeness (QED) is 0.259. The third kappa shape index (κ3) is 7.05. The van der Waals surface area contributed by atoms with Crippen molar-refractivity contribution in [2.24, 2.45) is 11.8 Å². The van der Waals surface area contributed by atoms with E-state index in [0.29, 0.717) is 47.4 Å². The third-order valence-electron chi connectivity index (χ3n) is 8.25. The first-order chi connectivity index (χ1) is 20.0. The number of carboxylic acids is 1. The molecule has 222 valence electrons. The first-order valence-electron chi connectivity index (χ1n) is 14.1. The summed E-state index contributed by atoms with van der Waals surface area (Å²) in [5.74, 6) is -0.853. The monoisotopic (exact) mass is 629 g/mol. The van der Waals surface area contributed by atoms with Crippen LogP contribution in [0.4, 0.5) is 0 Å². The smallest absolute Gasteiger partial charge is 0.303 e. The lowest BCUT2D eigenvalue weighted by atomic mass is 9.71. The lowest BCUT2D eigenvalue weighted by Crippen LogP contribution is -2.54. The number of nitrogens with zero attached hydrogens (tertiary/aromatic N) is 1. The fraction of sp³-hybridized carbons (Fsp3) is 0.394. The molecule has 1 N–H and O–H groups in total. The van der Waals surface area contributed by atoms with Crippen molar-refractivity contribution < 1.29 is 24.2 Å². The first kappa shape index (κ1) is 30.7. The van der Waals surface area contributed by atoms with Crippen LogP contribution in [0.3, 0.4) is 0 Å². The number of fused-ring (bicyclic) bond motifs is 3. The molecule has 1 saturated heterocycles. The van der Waals surface area contributed by atoms with E-state index in [0.717, 1.165) is 22.4 Å². The number of hydrogen-bond acceptors (Lipinski definition) is 4. The van der Waals surface area contributed by atoms with Gasteiger partial charge in [0, 0.05) is 46.1 Å². The van der Waals surface area contributed by atoms with Crippen LogP contribution in [-0.2, 0) is 27.3 Å². The molecule has 0 aliphatic carbocycles. The van der Waals surface area contributed by atoms with E-state index in [1.54, 1.807) is 23.1 Å². The molecule has 2 heterocycles. The van der Waals surface area contributed by atoms with Crippen molar-refractivity contribution in [1.29, 1.82) is 0 Å². The van der Waals surface area contributed by atoms with Gasteiger partial charge in [-0.05, 0) is 86.7 Å². The summed E-state index contributed by atoms with van der Waals surface area (Å²) in [6, 6.07) is 20.5. The normalized spacial score (nSPS) is 22.4. The number of amides is 1. The number of benzene rings is 3. The molecule has 0 aromatic heterocycles. The summed E-state index contributed by atoms with van der Waals surface area (Å²) < 4.78 is 13.3. The molecule has 3 aromatic carbocycles. The molecule has 0 bridgehead atoms. The first-order valence-corrected chi connectivity index (χ1v) is 15.3. The second-order valence-electron chi connectivity index (χ2n) is 11.6. The summed E-state index contributed by atoms with van der Waals surface area (Å²) in [6.07, 6.45) is 0.567. The van der Waals surface area contributed by atoms with Crippen LogP contribution in [0.1, 0.15) is 55.9 Å². The van der Waals surface area contributed by atoms with Crippen LogP contribution in [0.15, 0.2) is 66.7 Å². The van der Waals surface area contributed by atoms with Crippen molar-refractivity contribution in [1.82, 2.24) is 4.90 Å². The molecule has 42 heavy (non-hydrogen) atoms. The molecule has 0 unspecified atom stereocenters. The molecule has 0 radical (unpaired) electrons. The highest BCUT2D eigenvalue weighted by Gasteiger charge is 2.52. The molecule has 2 aliphatic rings. The number of rotatable bonds is 9. The Hall–Kier alpha value is -2.77. The lowest BCUT2D eigenvalue weighted by molar-refractivity contribution is -0.184. The SMILES string of the molecule is CC1(C)Oc2ccc(Cl)cc2[C@@H]2O[C@H](Cc3cccc(Cl)c3)[C@H](C(=O)N(CCCC(=O)O)Cc3ccc(Cl)cc3)C[C@H]21. The van der Waals surface area contributed by atoms with Crippen LogP contribution in [0, 0.1) is 11.8 Å². The van der Waals surface area contributed by atoms with Crippen LogP contribution in [-0.4, -0.2) is 40.1 Å². The summed E-state index contributed by atoms with van der Waals surface area (Å²) in [6.45, 7) is 4.70. The minimum atomic E-state index is -0.894. The number of ether oxygens (including phenoxy) is 2. The molecule has 2 aliphatic heterocycles. The van der Waals surface area contributed by atoms with Gasteiger partial charge in [0.05, 0.1) is 18.1 Å². The minimum Gasteiger partial charge on any atom is -0.487 e. The molecule has 0 saturated carbocycles. The summed E-state index contributed by atoms with van der Waals surface area (Å²) in [7, 11) is 0.